The molecule has 26 heavy (non-hydrogen) atoms. The Labute approximate surface area is 169 Å². The monoisotopic (exact) mass is 454 g/mol. The van der Waals surface area contributed by atoms with Crippen LogP contribution in [-0.4, -0.2) is 20.2 Å². The topological polar surface area (TPSA) is 92.3 Å². The van der Waals surface area contributed by atoms with Crippen molar-refractivity contribution in [3.8, 4) is 0 Å². The Morgan fingerprint density at radius 1 is 1.15 bits per heavy atom. The van der Waals surface area contributed by atoms with Crippen molar-refractivity contribution in [3.05, 3.63) is 49.6 Å². The van der Waals surface area contributed by atoms with Gasteiger partial charge in [-0.3, -0.25) is 9.59 Å². The number of benzene rings is 1. The van der Waals surface area contributed by atoms with Crippen LogP contribution in [-0.2, 0) is 19.6 Å². The third-order valence-electron chi connectivity index (χ3n) is 3.20. The summed E-state index contributed by atoms with van der Waals surface area (Å²) < 4.78 is 26.6. The van der Waals surface area contributed by atoms with E-state index in [2.05, 4.69) is 5.32 Å². The van der Waals surface area contributed by atoms with E-state index in [9.17, 15) is 18.0 Å². The van der Waals surface area contributed by atoms with Crippen molar-refractivity contribution in [1.82, 2.24) is 10.0 Å². The van der Waals surface area contributed by atoms with Crippen LogP contribution in [0.5, 0.6) is 0 Å². The molecule has 0 aliphatic heterocycles. The van der Waals surface area contributed by atoms with Crippen LogP contribution in [0.25, 0.3) is 0 Å². The summed E-state index contributed by atoms with van der Waals surface area (Å²) in [6.45, 7) is 1.30. The van der Waals surface area contributed by atoms with Crippen molar-refractivity contribution in [3.63, 3.8) is 0 Å². The van der Waals surface area contributed by atoms with Crippen molar-refractivity contribution < 1.29 is 18.0 Å². The zero-order valence-corrected chi connectivity index (χ0v) is 17.2. The van der Waals surface area contributed by atoms with Crippen molar-refractivity contribution >= 4 is 68.0 Å². The molecule has 0 fully saturated rings. The molecule has 1 heterocycles. The van der Waals surface area contributed by atoms with E-state index < -0.39 is 22.0 Å². The second kappa shape index (κ2) is 8.58. The predicted molar refractivity (Wildman–Crippen MR) is 102 cm³/mol. The fourth-order valence-electron chi connectivity index (χ4n) is 2.13. The Bertz CT molecular complexity index is 927. The van der Waals surface area contributed by atoms with Gasteiger partial charge >= 0.3 is 0 Å². The van der Waals surface area contributed by atoms with Gasteiger partial charge in [0.2, 0.25) is 11.8 Å². The van der Waals surface area contributed by atoms with Crippen molar-refractivity contribution in [2.75, 3.05) is 0 Å². The van der Waals surface area contributed by atoms with E-state index in [1.165, 1.54) is 6.92 Å². The standard InChI is InChI=1S/C15H13Cl3N2O4S2/c1-8(21)19-11(9-2-4-10(16)5-3-9)6-14(22)20-26(23,24)12-7-13(17)25-15(12)18/h2-5,7,11H,6H2,1H3,(H,19,21)(H,20,22). The van der Waals surface area contributed by atoms with Crippen LogP contribution < -0.4 is 10.0 Å². The summed E-state index contributed by atoms with van der Waals surface area (Å²) in [5.41, 5.74) is 0.605. The average Bonchev–Trinajstić information content (AvgIpc) is 2.86. The second-order valence-electron chi connectivity index (χ2n) is 5.23. The van der Waals surface area contributed by atoms with Gasteiger partial charge in [0, 0.05) is 11.9 Å². The van der Waals surface area contributed by atoms with Crippen LogP contribution in [0.3, 0.4) is 0 Å². The highest BCUT2D eigenvalue weighted by molar-refractivity contribution is 7.90. The van der Waals surface area contributed by atoms with Gasteiger partial charge in [-0.25, -0.2) is 13.1 Å². The predicted octanol–water partition coefficient (Wildman–Crippen LogP) is 3.78. The highest BCUT2D eigenvalue weighted by Gasteiger charge is 2.25. The smallest absolute Gasteiger partial charge is 0.266 e. The number of nitrogens with one attached hydrogen (secondary N) is 2. The van der Waals surface area contributed by atoms with Gasteiger partial charge in [0.1, 0.15) is 9.23 Å². The normalized spacial score (nSPS) is 12.5. The van der Waals surface area contributed by atoms with Crippen molar-refractivity contribution in [1.29, 1.82) is 0 Å². The van der Waals surface area contributed by atoms with Gasteiger partial charge in [0.25, 0.3) is 10.0 Å². The van der Waals surface area contributed by atoms with Gasteiger partial charge in [-0.15, -0.1) is 11.3 Å². The van der Waals surface area contributed by atoms with E-state index in [0.717, 1.165) is 17.4 Å². The summed E-state index contributed by atoms with van der Waals surface area (Å²) >= 11 is 18.3. The molecule has 0 bridgehead atoms. The van der Waals surface area contributed by atoms with Crippen molar-refractivity contribution in [2.45, 2.75) is 24.3 Å². The SMILES string of the molecule is CC(=O)NC(CC(=O)NS(=O)(=O)c1cc(Cl)sc1Cl)c1ccc(Cl)cc1. The maximum atomic E-state index is 12.3. The number of amides is 2. The zero-order chi connectivity index (χ0) is 19.5. The second-order valence-corrected chi connectivity index (χ2v) is 9.60. The van der Waals surface area contributed by atoms with Gasteiger partial charge in [-0.05, 0) is 23.8 Å². The number of hydrogen-bond donors (Lipinski definition) is 2. The fraction of sp³-hybridized carbons (Fsp3) is 0.200. The number of halogens is 3. The molecule has 0 radical (unpaired) electrons. The lowest BCUT2D eigenvalue weighted by Gasteiger charge is -2.18. The summed E-state index contributed by atoms with van der Waals surface area (Å²) in [7, 11) is -4.17. The summed E-state index contributed by atoms with van der Waals surface area (Å²) in [6.07, 6.45) is -0.296. The molecule has 1 unspecified atom stereocenters. The lowest BCUT2D eigenvalue weighted by atomic mass is 10.0. The molecule has 1 atom stereocenters. The number of carbonyl (C=O) groups is 2. The molecule has 0 saturated carbocycles. The number of thiophene rings is 1. The Balaban J connectivity index is 2.17. The molecule has 2 amide bonds. The molecule has 1 aromatic heterocycles. The van der Waals surface area contributed by atoms with Crippen LogP contribution in [0, 0.1) is 0 Å². The average molecular weight is 456 g/mol. The minimum atomic E-state index is -4.17. The molecule has 0 saturated heterocycles. The first-order valence-corrected chi connectivity index (χ1v) is 10.5. The Kier molecular flexibility index (Phi) is 6.92. The third kappa shape index (κ3) is 5.59. The van der Waals surface area contributed by atoms with Crippen LogP contribution in [0.15, 0.2) is 35.2 Å². The number of hydrogen-bond acceptors (Lipinski definition) is 5. The van der Waals surface area contributed by atoms with Crippen LogP contribution in [0.2, 0.25) is 13.7 Å². The minimum Gasteiger partial charge on any atom is -0.349 e. The largest absolute Gasteiger partial charge is 0.349 e. The lowest BCUT2D eigenvalue weighted by molar-refractivity contribution is -0.121. The lowest BCUT2D eigenvalue weighted by Crippen LogP contribution is -2.35. The number of carbonyl (C=O) groups excluding carboxylic acids is 2. The zero-order valence-electron chi connectivity index (χ0n) is 13.3. The van der Waals surface area contributed by atoms with Crippen molar-refractivity contribution in [2.24, 2.45) is 0 Å². The summed E-state index contributed by atoms with van der Waals surface area (Å²) in [5, 5.41) is 3.10. The molecule has 0 aliphatic rings. The molecule has 6 nitrogen and oxygen atoms in total. The molecule has 0 aliphatic carbocycles. The summed E-state index contributed by atoms with van der Waals surface area (Å²) in [5.74, 6) is -1.18. The van der Waals surface area contributed by atoms with Crippen LogP contribution in [0.1, 0.15) is 24.9 Å². The molecule has 0 spiro atoms. The fourth-order valence-corrected chi connectivity index (χ4v) is 5.40. The van der Waals surface area contributed by atoms with Gasteiger partial charge in [-0.2, -0.15) is 0 Å². The Morgan fingerprint density at radius 2 is 1.77 bits per heavy atom. The number of rotatable bonds is 6. The van der Waals surface area contributed by atoms with E-state index in [1.54, 1.807) is 24.3 Å². The molecule has 2 N–H and O–H groups in total. The summed E-state index contributed by atoms with van der Waals surface area (Å²) in [4.78, 5) is 23.4. The quantitative estimate of drug-likeness (QED) is 0.693. The summed E-state index contributed by atoms with van der Waals surface area (Å²) in [6, 6.07) is 6.93. The first-order chi connectivity index (χ1) is 12.1. The van der Waals surface area contributed by atoms with Gasteiger partial charge in [-0.1, -0.05) is 46.9 Å². The molecule has 2 aromatic rings. The molecular weight excluding hydrogens is 443 g/mol. The van der Waals surface area contributed by atoms with Gasteiger partial charge in [0.05, 0.1) is 16.8 Å². The van der Waals surface area contributed by atoms with E-state index >= 15 is 0 Å². The third-order valence-corrected chi connectivity index (χ3v) is 6.58. The Morgan fingerprint density at radius 3 is 2.27 bits per heavy atom. The van der Waals surface area contributed by atoms with E-state index in [1.807, 2.05) is 4.72 Å². The number of sulfonamides is 1. The molecule has 1 aromatic carbocycles. The minimum absolute atomic E-state index is 0.0496. The van der Waals surface area contributed by atoms with Crippen LogP contribution >= 0.6 is 46.1 Å². The molecule has 11 heteroatoms. The van der Waals surface area contributed by atoms with E-state index in [-0.39, 0.29) is 25.9 Å². The highest BCUT2D eigenvalue weighted by atomic mass is 35.5. The van der Waals surface area contributed by atoms with Crippen LogP contribution in [0.4, 0.5) is 0 Å². The Hall–Kier alpha value is -1.32. The van der Waals surface area contributed by atoms with Gasteiger partial charge in [0.15, 0.2) is 0 Å². The maximum Gasteiger partial charge on any atom is 0.266 e. The molecule has 140 valence electrons. The first kappa shape index (κ1) is 21.0. The molecular formula is C15H13Cl3N2O4S2. The highest BCUT2D eigenvalue weighted by Crippen LogP contribution is 2.34. The van der Waals surface area contributed by atoms with E-state index in [0.29, 0.717) is 10.6 Å². The maximum absolute atomic E-state index is 12.3. The van der Waals surface area contributed by atoms with Gasteiger partial charge < -0.3 is 5.32 Å². The molecule has 2 rings (SSSR count). The first-order valence-electron chi connectivity index (χ1n) is 7.11. The van der Waals surface area contributed by atoms with E-state index in [4.69, 9.17) is 34.8 Å².